The Kier molecular flexibility index (Phi) is 5.50. The van der Waals surface area contributed by atoms with Gasteiger partial charge in [-0.05, 0) is 73.4 Å². The van der Waals surface area contributed by atoms with Crippen LogP contribution in [-0.4, -0.2) is 34.1 Å². The number of fused-ring (bicyclic) bond motifs is 1. The lowest BCUT2D eigenvalue weighted by Crippen LogP contribution is -2.21. The number of rotatable bonds is 6. The Morgan fingerprint density at radius 3 is 2.37 bits per heavy atom. The fourth-order valence-corrected chi connectivity index (χ4v) is 5.62. The molecule has 0 aromatic heterocycles. The molecule has 2 aromatic rings. The summed E-state index contributed by atoms with van der Waals surface area (Å²) >= 11 is 0. The third kappa shape index (κ3) is 4.61. The van der Waals surface area contributed by atoms with Crippen molar-refractivity contribution in [2.75, 3.05) is 12.0 Å². The highest BCUT2D eigenvalue weighted by Crippen LogP contribution is 2.35. The van der Waals surface area contributed by atoms with E-state index in [4.69, 9.17) is 0 Å². The quantitative estimate of drug-likeness (QED) is 0.736. The van der Waals surface area contributed by atoms with Gasteiger partial charge in [0.25, 0.3) is 0 Å². The largest absolute Gasteiger partial charge is 0.229 e. The standard InChI is InChI=1S/C21H26O4S2/c1-15(2)27(24,25)14-19-9-8-18-12-17(7-10-21(18)19)11-16-5-4-6-20(13-16)26(3,22)23/h4-7,10,12-13,15,19H,8-9,11,14H2,1-3H3. The minimum absolute atomic E-state index is 0.0787. The van der Waals surface area contributed by atoms with Gasteiger partial charge in [-0.2, -0.15) is 0 Å². The van der Waals surface area contributed by atoms with Crippen LogP contribution in [0, 0.1) is 0 Å². The van der Waals surface area contributed by atoms with Crippen molar-refractivity contribution >= 4 is 19.7 Å². The van der Waals surface area contributed by atoms with E-state index in [0.717, 1.165) is 29.5 Å². The topological polar surface area (TPSA) is 68.3 Å². The molecule has 6 heteroatoms. The molecule has 0 saturated carbocycles. The van der Waals surface area contributed by atoms with Gasteiger partial charge in [0.2, 0.25) is 0 Å². The number of aryl methyl sites for hydroxylation is 1. The third-order valence-electron chi connectivity index (χ3n) is 5.30. The van der Waals surface area contributed by atoms with Crippen LogP contribution in [0.15, 0.2) is 47.4 Å². The minimum Gasteiger partial charge on any atom is -0.229 e. The van der Waals surface area contributed by atoms with E-state index in [1.165, 1.54) is 11.8 Å². The highest BCUT2D eigenvalue weighted by atomic mass is 32.2. The average Bonchev–Trinajstić information content (AvgIpc) is 2.96. The Morgan fingerprint density at radius 1 is 1.00 bits per heavy atom. The third-order valence-corrected chi connectivity index (χ3v) is 8.71. The molecule has 0 heterocycles. The summed E-state index contributed by atoms with van der Waals surface area (Å²) in [6.07, 6.45) is 3.64. The molecule has 0 saturated heterocycles. The van der Waals surface area contributed by atoms with Crippen molar-refractivity contribution in [3.63, 3.8) is 0 Å². The molecule has 0 fully saturated rings. The van der Waals surface area contributed by atoms with Crippen LogP contribution < -0.4 is 0 Å². The van der Waals surface area contributed by atoms with Crippen molar-refractivity contribution in [3.8, 4) is 0 Å². The van der Waals surface area contributed by atoms with Crippen LogP contribution >= 0.6 is 0 Å². The number of hydrogen-bond acceptors (Lipinski definition) is 4. The maximum Gasteiger partial charge on any atom is 0.175 e. The van der Waals surface area contributed by atoms with Crippen molar-refractivity contribution < 1.29 is 16.8 Å². The van der Waals surface area contributed by atoms with E-state index in [9.17, 15) is 16.8 Å². The monoisotopic (exact) mass is 406 g/mol. The lowest BCUT2D eigenvalue weighted by molar-refractivity contribution is 0.577. The summed E-state index contributed by atoms with van der Waals surface area (Å²) in [5.74, 6) is 0.294. The molecule has 1 aliphatic rings. The fourth-order valence-electron chi connectivity index (χ4n) is 3.64. The van der Waals surface area contributed by atoms with Gasteiger partial charge in [-0.1, -0.05) is 30.3 Å². The summed E-state index contributed by atoms with van der Waals surface area (Å²) in [6, 6.07) is 13.3. The molecule has 0 amide bonds. The van der Waals surface area contributed by atoms with Crippen molar-refractivity contribution in [3.05, 3.63) is 64.7 Å². The highest BCUT2D eigenvalue weighted by Gasteiger charge is 2.29. The Labute approximate surface area is 162 Å². The van der Waals surface area contributed by atoms with E-state index in [1.54, 1.807) is 32.0 Å². The van der Waals surface area contributed by atoms with Crippen molar-refractivity contribution in [1.82, 2.24) is 0 Å². The normalized spacial score (nSPS) is 17.3. The molecular weight excluding hydrogens is 380 g/mol. The van der Waals surface area contributed by atoms with Gasteiger partial charge in [-0.25, -0.2) is 16.8 Å². The van der Waals surface area contributed by atoms with E-state index in [0.29, 0.717) is 11.3 Å². The number of hydrogen-bond donors (Lipinski definition) is 0. The molecule has 0 spiro atoms. The Balaban J connectivity index is 1.80. The van der Waals surface area contributed by atoms with Gasteiger partial charge in [0, 0.05) is 6.26 Å². The van der Waals surface area contributed by atoms with Gasteiger partial charge in [0.1, 0.15) is 0 Å². The predicted octanol–water partition coefficient (Wildman–Crippen LogP) is 3.53. The van der Waals surface area contributed by atoms with E-state index < -0.39 is 19.7 Å². The molecule has 2 aromatic carbocycles. The van der Waals surface area contributed by atoms with Crippen molar-refractivity contribution in [2.45, 2.75) is 49.2 Å². The molecule has 146 valence electrons. The van der Waals surface area contributed by atoms with Crippen LogP contribution in [0.1, 0.15) is 48.4 Å². The van der Waals surface area contributed by atoms with E-state index in [1.807, 2.05) is 12.1 Å². The van der Waals surface area contributed by atoms with Crippen LogP contribution in [-0.2, 0) is 32.5 Å². The maximum atomic E-state index is 12.3. The Bertz CT molecular complexity index is 1050. The molecule has 0 radical (unpaired) electrons. The van der Waals surface area contributed by atoms with Crippen LogP contribution in [0.25, 0.3) is 0 Å². The summed E-state index contributed by atoms with van der Waals surface area (Å²) in [4.78, 5) is 0.333. The zero-order chi connectivity index (χ0) is 19.8. The van der Waals surface area contributed by atoms with E-state index in [2.05, 4.69) is 12.1 Å². The van der Waals surface area contributed by atoms with Gasteiger partial charge in [-0.15, -0.1) is 0 Å². The molecule has 1 unspecified atom stereocenters. The van der Waals surface area contributed by atoms with Gasteiger partial charge < -0.3 is 0 Å². The summed E-state index contributed by atoms with van der Waals surface area (Å²) in [7, 11) is -6.27. The van der Waals surface area contributed by atoms with E-state index in [-0.39, 0.29) is 16.9 Å². The molecule has 1 atom stereocenters. The van der Waals surface area contributed by atoms with E-state index >= 15 is 0 Å². The molecule has 3 rings (SSSR count). The zero-order valence-electron chi connectivity index (χ0n) is 16.0. The highest BCUT2D eigenvalue weighted by molar-refractivity contribution is 7.92. The smallest absolute Gasteiger partial charge is 0.175 e. The molecule has 0 N–H and O–H groups in total. The summed E-state index contributed by atoms with van der Waals surface area (Å²) < 4.78 is 48.0. The van der Waals surface area contributed by atoms with Crippen LogP contribution in [0.3, 0.4) is 0 Å². The molecule has 0 aliphatic heterocycles. The van der Waals surface area contributed by atoms with Gasteiger partial charge >= 0.3 is 0 Å². The fraction of sp³-hybridized carbons (Fsp3) is 0.429. The molecule has 27 heavy (non-hydrogen) atoms. The first-order valence-corrected chi connectivity index (χ1v) is 12.8. The van der Waals surface area contributed by atoms with Crippen LogP contribution in [0.4, 0.5) is 0 Å². The molecule has 1 aliphatic carbocycles. The summed E-state index contributed by atoms with van der Waals surface area (Å²) in [6.45, 7) is 3.47. The van der Waals surface area contributed by atoms with Gasteiger partial charge in [-0.3, -0.25) is 0 Å². The molecular formula is C21H26O4S2. The second-order valence-electron chi connectivity index (χ2n) is 7.74. The second kappa shape index (κ2) is 7.40. The van der Waals surface area contributed by atoms with Crippen molar-refractivity contribution in [2.24, 2.45) is 0 Å². The number of sulfone groups is 2. The van der Waals surface area contributed by atoms with Crippen LogP contribution in [0.5, 0.6) is 0 Å². The summed E-state index contributed by atoms with van der Waals surface area (Å²) in [5, 5.41) is -0.344. The maximum absolute atomic E-state index is 12.3. The SMILES string of the molecule is CC(C)S(=O)(=O)CC1CCc2cc(Cc3cccc(S(C)(=O)=O)c3)ccc21. The zero-order valence-corrected chi connectivity index (χ0v) is 17.6. The first-order valence-electron chi connectivity index (χ1n) is 9.18. The second-order valence-corrected chi connectivity index (χ2v) is 12.4. The van der Waals surface area contributed by atoms with Crippen LogP contribution in [0.2, 0.25) is 0 Å². The average molecular weight is 407 g/mol. The van der Waals surface area contributed by atoms with Gasteiger partial charge in [0.05, 0.1) is 15.9 Å². The van der Waals surface area contributed by atoms with Gasteiger partial charge in [0.15, 0.2) is 19.7 Å². The van der Waals surface area contributed by atoms with Crippen molar-refractivity contribution in [1.29, 1.82) is 0 Å². The lowest BCUT2D eigenvalue weighted by atomic mass is 9.98. The summed E-state index contributed by atoms with van der Waals surface area (Å²) in [5.41, 5.74) is 4.44. The minimum atomic E-state index is -3.22. The Hall–Kier alpha value is -1.66. The molecule has 0 bridgehead atoms. The Morgan fingerprint density at radius 2 is 1.70 bits per heavy atom. The number of benzene rings is 2. The predicted molar refractivity (Wildman–Crippen MR) is 109 cm³/mol. The lowest BCUT2D eigenvalue weighted by Gasteiger charge is -2.15. The molecule has 4 nitrogen and oxygen atoms in total. The first-order chi connectivity index (χ1) is 12.6. The first kappa shape index (κ1) is 20.1.